The van der Waals surface area contributed by atoms with E-state index in [4.69, 9.17) is 10.3 Å². The van der Waals surface area contributed by atoms with Crippen LogP contribution in [-0.4, -0.2) is 4.98 Å². The number of nitrogens with one attached hydrogen (secondary N) is 1. The topological polar surface area (TPSA) is 64.1 Å². The molecule has 0 aliphatic heterocycles. The third kappa shape index (κ3) is 1.77. The zero-order valence-electron chi connectivity index (χ0n) is 9.71. The van der Waals surface area contributed by atoms with Crippen LogP contribution in [0.4, 0.5) is 0 Å². The van der Waals surface area contributed by atoms with E-state index in [2.05, 4.69) is 10.4 Å². The van der Waals surface area contributed by atoms with E-state index in [9.17, 15) is 0 Å². The van der Waals surface area contributed by atoms with Crippen LogP contribution in [0, 0.1) is 0 Å². The first-order chi connectivity index (χ1) is 8.90. The lowest BCUT2D eigenvalue weighted by atomic mass is 9.97. The van der Waals surface area contributed by atoms with E-state index < -0.39 is 0 Å². The zero-order chi connectivity index (χ0) is 12.4. The number of nitrogens with two attached hydrogens (primary N) is 1. The molecule has 1 aromatic carbocycles. The maximum atomic E-state index is 5.67. The number of hydrazine groups is 1. The zero-order valence-corrected chi connectivity index (χ0v) is 9.71. The number of benzene rings is 1. The largest absolute Gasteiger partial charge is 0.472 e. The summed E-state index contributed by atoms with van der Waals surface area (Å²) in [5.74, 6) is 5.67. The highest BCUT2D eigenvalue weighted by atomic mass is 16.3. The standard InChI is InChI=1S/C14H13N3O/c15-17-14(10-6-8-18-9-10)12-3-1-5-13-11(12)4-2-7-16-13/h1-9,14,17H,15H2. The second kappa shape index (κ2) is 4.60. The number of furan rings is 1. The Bertz CT molecular complexity index is 644. The molecule has 3 aromatic rings. The van der Waals surface area contributed by atoms with Crippen molar-refractivity contribution < 1.29 is 4.42 Å². The summed E-state index contributed by atoms with van der Waals surface area (Å²) in [6, 6.07) is 11.8. The van der Waals surface area contributed by atoms with Crippen molar-refractivity contribution >= 4 is 10.9 Å². The third-order valence-electron chi connectivity index (χ3n) is 3.03. The molecule has 0 bridgehead atoms. The molecule has 3 rings (SSSR count). The number of hydrogen-bond acceptors (Lipinski definition) is 4. The van der Waals surface area contributed by atoms with E-state index in [0.717, 1.165) is 22.0 Å². The molecule has 0 saturated heterocycles. The molecule has 0 spiro atoms. The first kappa shape index (κ1) is 11.0. The van der Waals surface area contributed by atoms with Crippen LogP contribution in [0.5, 0.6) is 0 Å². The lowest BCUT2D eigenvalue weighted by molar-refractivity contribution is 0.554. The summed E-state index contributed by atoms with van der Waals surface area (Å²) in [6.07, 6.45) is 5.12. The van der Waals surface area contributed by atoms with Crippen LogP contribution in [0.15, 0.2) is 59.5 Å². The second-order valence-corrected chi connectivity index (χ2v) is 4.07. The molecule has 2 aromatic heterocycles. The van der Waals surface area contributed by atoms with Gasteiger partial charge in [-0.15, -0.1) is 0 Å². The van der Waals surface area contributed by atoms with Crippen molar-refractivity contribution in [1.29, 1.82) is 0 Å². The Morgan fingerprint density at radius 3 is 2.89 bits per heavy atom. The summed E-state index contributed by atoms with van der Waals surface area (Å²) in [6.45, 7) is 0. The fraction of sp³-hybridized carbons (Fsp3) is 0.0714. The average Bonchev–Trinajstić information content (AvgIpc) is 2.94. The number of fused-ring (bicyclic) bond motifs is 1. The Morgan fingerprint density at radius 2 is 2.11 bits per heavy atom. The quantitative estimate of drug-likeness (QED) is 0.544. The normalized spacial score (nSPS) is 12.7. The maximum Gasteiger partial charge on any atom is 0.0954 e. The molecule has 3 N–H and O–H groups in total. The minimum absolute atomic E-state index is 0.100. The van der Waals surface area contributed by atoms with E-state index in [1.54, 1.807) is 18.7 Å². The molecule has 0 radical (unpaired) electrons. The van der Waals surface area contributed by atoms with Crippen LogP contribution < -0.4 is 11.3 Å². The molecule has 90 valence electrons. The smallest absolute Gasteiger partial charge is 0.0954 e. The van der Waals surface area contributed by atoms with Gasteiger partial charge >= 0.3 is 0 Å². The SMILES string of the molecule is NNC(c1ccoc1)c1cccc2ncccc12. The molecule has 4 nitrogen and oxygen atoms in total. The molecule has 1 unspecified atom stereocenters. The number of aromatic nitrogens is 1. The van der Waals surface area contributed by atoms with Gasteiger partial charge in [0.05, 0.1) is 24.1 Å². The van der Waals surface area contributed by atoms with Crippen molar-refractivity contribution in [2.24, 2.45) is 5.84 Å². The van der Waals surface area contributed by atoms with Crippen LogP contribution in [-0.2, 0) is 0 Å². The lowest BCUT2D eigenvalue weighted by Crippen LogP contribution is -2.28. The number of hydrogen-bond donors (Lipinski definition) is 2. The molecule has 0 aliphatic carbocycles. The van der Waals surface area contributed by atoms with Crippen molar-refractivity contribution in [2.45, 2.75) is 6.04 Å². The molecule has 0 aliphatic rings. The monoisotopic (exact) mass is 239 g/mol. The Labute approximate surface area is 104 Å². The molecule has 0 saturated carbocycles. The fourth-order valence-corrected chi connectivity index (χ4v) is 2.18. The van der Waals surface area contributed by atoms with E-state index >= 15 is 0 Å². The van der Waals surface area contributed by atoms with E-state index in [1.165, 1.54) is 0 Å². The van der Waals surface area contributed by atoms with E-state index in [-0.39, 0.29) is 6.04 Å². The van der Waals surface area contributed by atoms with E-state index in [1.807, 2.05) is 36.4 Å². The summed E-state index contributed by atoms with van der Waals surface area (Å²) in [5, 5.41) is 1.09. The minimum atomic E-state index is -0.100. The van der Waals surface area contributed by atoms with Crippen molar-refractivity contribution in [3.8, 4) is 0 Å². The van der Waals surface area contributed by atoms with Gasteiger partial charge in [0.1, 0.15) is 0 Å². The highest BCUT2D eigenvalue weighted by molar-refractivity contribution is 5.82. The summed E-state index contributed by atoms with van der Waals surface area (Å²) < 4.78 is 5.12. The molecule has 0 fully saturated rings. The van der Waals surface area contributed by atoms with Gasteiger partial charge in [-0.25, -0.2) is 5.43 Å². The van der Waals surface area contributed by atoms with Crippen molar-refractivity contribution in [3.05, 3.63) is 66.2 Å². The Kier molecular flexibility index (Phi) is 2.80. The predicted molar refractivity (Wildman–Crippen MR) is 69.6 cm³/mol. The van der Waals surface area contributed by atoms with Crippen molar-refractivity contribution in [3.63, 3.8) is 0 Å². The summed E-state index contributed by atoms with van der Waals surface area (Å²) >= 11 is 0. The Balaban J connectivity index is 2.18. The Morgan fingerprint density at radius 1 is 1.17 bits per heavy atom. The fourth-order valence-electron chi connectivity index (χ4n) is 2.18. The molecule has 0 amide bonds. The number of rotatable bonds is 3. The van der Waals surface area contributed by atoms with Gasteiger partial charge in [0.2, 0.25) is 0 Å². The maximum absolute atomic E-state index is 5.67. The summed E-state index contributed by atoms with van der Waals surface area (Å²) in [4.78, 5) is 4.35. The average molecular weight is 239 g/mol. The molecule has 4 heteroatoms. The van der Waals surface area contributed by atoms with Gasteiger partial charge < -0.3 is 4.42 Å². The molecular weight excluding hydrogens is 226 g/mol. The van der Waals surface area contributed by atoms with Gasteiger partial charge in [0, 0.05) is 17.1 Å². The van der Waals surface area contributed by atoms with Gasteiger partial charge in [-0.05, 0) is 23.8 Å². The molecule has 18 heavy (non-hydrogen) atoms. The lowest BCUT2D eigenvalue weighted by Gasteiger charge is -2.16. The van der Waals surface area contributed by atoms with Crippen molar-refractivity contribution in [2.75, 3.05) is 0 Å². The molecule has 1 atom stereocenters. The number of pyridine rings is 1. The summed E-state index contributed by atoms with van der Waals surface area (Å²) in [7, 11) is 0. The third-order valence-corrected chi connectivity index (χ3v) is 3.03. The first-order valence-corrected chi connectivity index (χ1v) is 5.72. The highest BCUT2D eigenvalue weighted by Gasteiger charge is 2.16. The Hall–Kier alpha value is -2.17. The summed E-state index contributed by atoms with van der Waals surface area (Å²) in [5.41, 5.74) is 5.86. The van der Waals surface area contributed by atoms with Crippen molar-refractivity contribution in [1.82, 2.24) is 10.4 Å². The van der Waals surface area contributed by atoms with Gasteiger partial charge in [0.15, 0.2) is 0 Å². The molecule has 2 heterocycles. The van der Waals surface area contributed by atoms with E-state index in [0.29, 0.717) is 0 Å². The van der Waals surface area contributed by atoms with Gasteiger partial charge in [0.25, 0.3) is 0 Å². The first-order valence-electron chi connectivity index (χ1n) is 5.72. The van der Waals surface area contributed by atoms with Crippen LogP contribution >= 0.6 is 0 Å². The second-order valence-electron chi connectivity index (χ2n) is 4.07. The minimum Gasteiger partial charge on any atom is -0.472 e. The van der Waals surface area contributed by atoms with Crippen LogP contribution in [0.3, 0.4) is 0 Å². The molecular formula is C14H13N3O. The number of nitrogens with zero attached hydrogens (tertiary/aromatic N) is 1. The van der Waals surface area contributed by atoms with Crippen LogP contribution in [0.1, 0.15) is 17.2 Å². The van der Waals surface area contributed by atoms with Crippen LogP contribution in [0.25, 0.3) is 10.9 Å². The predicted octanol–water partition coefficient (Wildman–Crippen LogP) is 2.38. The van der Waals surface area contributed by atoms with Gasteiger partial charge in [-0.1, -0.05) is 18.2 Å². The highest BCUT2D eigenvalue weighted by Crippen LogP contribution is 2.27. The van der Waals surface area contributed by atoms with Gasteiger partial charge in [-0.3, -0.25) is 10.8 Å². The van der Waals surface area contributed by atoms with Crippen LogP contribution in [0.2, 0.25) is 0 Å². The van der Waals surface area contributed by atoms with Gasteiger partial charge in [-0.2, -0.15) is 0 Å².